The summed E-state index contributed by atoms with van der Waals surface area (Å²) in [6.45, 7) is 1.60. The van der Waals surface area contributed by atoms with Gasteiger partial charge in [0.15, 0.2) is 5.82 Å². The summed E-state index contributed by atoms with van der Waals surface area (Å²) in [4.78, 5) is 27.6. The number of carbonyl (C=O) groups is 1. The molecule has 7 heteroatoms. The van der Waals surface area contributed by atoms with E-state index < -0.39 is 0 Å². The van der Waals surface area contributed by atoms with Gasteiger partial charge in [-0.25, -0.2) is 15.0 Å². The van der Waals surface area contributed by atoms with Gasteiger partial charge in [0.25, 0.3) is 0 Å². The van der Waals surface area contributed by atoms with Crippen molar-refractivity contribution in [3.8, 4) is 0 Å². The number of hydrogen-bond acceptors (Lipinski definition) is 6. The molecule has 1 N–H and O–H groups in total. The zero-order chi connectivity index (χ0) is 16.4. The number of hydrogen-bond donors (Lipinski definition) is 1. The largest absolute Gasteiger partial charge is 0.377 e. The van der Waals surface area contributed by atoms with Crippen molar-refractivity contribution < 1.29 is 9.53 Å². The lowest BCUT2D eigenvalue weighted by atomic mass is 10.2. The van der Waals surface area contributed by atoms with Crippen LogP contribution in [0.25, 0.3) is 0 Å². The van der Waals surface area contributed by atoms with E-state index in [9.17, 15) is 4.79 Å². The van der Waals surface area contributed by atoms with E-state index in [2.05, 4.69) is 20.3 Å². The Morgan fingerprint density at radius 3 is 2.88 bits per heavy atom. The predicted octanol–water partition coefficient (Wildman–Crippen LogP) is 1.93. The second-order valence-electron chi connectivity index (χ2n) is 6.04. The van der Waals surface area contributed by atoms with E-state index in [0.29, 0.717) is 37.2 Å². The van der Waals surface area contributed by atoms with Crippen molar-refractivity contribution in [3.63, 3.8) is 0 Å². The van der Waals surface area contributed by atoms with Crippen LogP contribution in [0.3, 0.4) is 0 Å². The first-order chi connectivity index (χ1) is 11.8. The number of rotatable bonds is 4. The average molecular weight is 325 g/mol. The number of nitrogens with zero attached hydrogens (tertiary/aromatic N) is 4. The highest BCUT2D eigenvalue weighted by Crippen LogP contribution is 2.34. The molecular formula is C17H19N5O2. The summed E-state index contributed by atoms with van der Waals surface area (Å²) in [5.41, 5.74) is 0. The van der Waals surface area contributed by atoms with Crippen LogP contribution in [0.1, 0.15) is 24.7 Å². The fraction of sp³-hybridized carbons (Fsp3) is 0.412. The van der Waals surface area contributed by atoms with Gasteiger partial charge in [-0.2, -0.15) is 0 Å². The lowest BCUT2D eigenvalue weighted by Crippen LogP contribution is -2.44. The number of ether oxygens (including phenoxy) is 1. The van der Waals surface area contributed by atoms with E-state index in [1.165, 1.54) is 0 Å². The number of morpholine rings is 1. The smallest absolute Gasteiger partial charge is 0.226 e. The molecule has 0 bridgehead atoms. The zero-order valence-electron chi connectivity index (χ0n) is 13.3. The van der Waals surface area contributed by atoms with Crippen molar-refractivity contribution in [3.05, 3.63) is 42.5 Å². The minimum absolute atomic E-state index is 0.181. The molecule has 3 heterocycles. The third-order valence-electron chi connectivity index (χ3n) is 4.23. The Morgan fingerprint density at radius 1 is 1.17 bits per heavy atom. The third-order valence-corrected chi connectivity index (χ3v) is 4.23. The van der Waals surface area contributed by atoms with Crippen molar-refractivity contribution in [2.45, 2.75) is 18.9 Å². The van der Waals surface area contributed by atoms with Crippen molar-refractivity contribution in [1.29, 1.82) is 0 Å². The minimum Gasteiger partial charge on any atom is -0.377 e. The molecule has 1 atom stereocenters. The second-order valence-corrected chi connectivity index (χ2v) is 6.04. The number of aromatic nitrogens is 3. The SMILES string of the molecule is O=C(C1CC1)N1CCOC[C@@H]1c1nccc(Nc2ccccn2)n1. The topological polar surface area (TPSA) is 80.2 Å². The van der Waals surface area contributed by atoms with E-state index >= 15 is 0 Å². The molecule has 2 fully saturated rings. The van der Waals surface area contributed by atoms with Gasteiger partial charge >= 0.3 is 0 Å². The summed E-state index contributed by atoms with van der Waals surface area (Å²) in [5, 5.41) is 3.16. The number of nitrogens with one attached hydrogen (secondary N) is 1. The lowest BCUT2D eigenvalue weighted by molar-refractivity contribution is -0.141. The van der Waals surface area contributed by atoms with Gasteiger partial charge in [-0.05, 0) is 31.0 Å². The van der Waals surface area contributed by atoms with E-state index in [1.807, 2.05) is 23.1 Å². The Balaban J connectivity index is 1.55. The van der Waals surface area contributed by atoms with Crippen LogP contribution in [0.2, 0.25) is 0 Å². The monoisotopic (exact) mass is 325 g/mol. The van der Waals surface area contributed by atoms with Gasteiger partial charge in [-0.1, -0.05) is 6.07 Å². The Kier molecular flexibility index (Phi) is 4.08. The molecule has 1 aliphatic carbocycles. The number of pyridine rings is 1. The van der Waals surface area contributed by atoms with Crippen LogP contribution < -0.4 is 5.32 Å². The number of amides is 1. The van der Waals surface area contributed by atoms with Crippen LogP contribution in [0.5, 0.6) is 0 Å². The Labute approximate surface area is 140 Å². The van der Waals surface area contributed by atoms with Crippen LogP contribution in [-0.4, -0.2) is 45.5 Å². The average Bonchev–Trinajstić information content (AvgIpc) is 3.47. The van der Waals surface area contributed by atoms with Crippen LogP contribution in [0.15, 0.2) is 36.7 Å². The maximum absolute atomic E-state index is 12.5. The fourth-order valence-electron chi connectivity index (χ4n) is 2.82. The maximum atomic E-state index is 12.5. The highest BCUT2D eigenvalue weighted by Gasteiger charge is 2.39. The van der Waals surface area contributed by atoms with E-state index in [-0.39, 0.29) is 17.9 Å². The number of carbonyl (C=O) groups excluding carboxylic acids is 1. The molecule has 124 valence electrons. The summed E-state index contributed by atoms with van der Waals surface area (Å²) in [6, 6.07) is 7.20. The minimum atomic E-state index is -0.225. The van der Waals surface area contributed by atoms with Gasteiger partial charge in [0.2, 0.25) is 5.91 Å². The lowest BCUT2D eigenvalue weighted by Gasteiger charge is -2.34. The highest BCUT2D eigenvalue weighted by atomic mass is 16.5. The second kappa shape index (κ2) is 6.52. The Bertz CT molecular complexity index is 720. The molecule has 1 amide bonds. The summed E-state index contributed by atoms with van der Waals surface area (Å²) in [7, 11) is 0. The van der Waals surface area contributed by atoms with Gasteiger partial charge in [-0.15, -0.1) is 0 Å². The van der Waals surface area contributed by atoms with Crippen molar-refractivity contribution >= 4 is 17.5 Å². The van der Waals surface area contributed by atoms with E-state index in [4.69, 9.17) is 4.74 Å². The Morgan fingerprint density at radius 2 is 2.08 bits per heavy atom. The molecule has 1 saturated carbocycles. The zero-order valence-corrected chi connectivity index (χ0v) is 13.3. The van der Waals surface area contributed by atoms with Crippen LogP contribution in [-0.2, 0) is 9.53 Å². The van der Waals surface area contributed by atoms with Crippen molar-refractivity contribution in [1.82, 2.24) is 19.9 Å². The first kappa shape index (κ1) is 15.0. The molecule has 2 aromatic rings. The van der Waals surface area contributed by atoms with Gasteiger partial charge < -0.3 is 15.0 Å². The van der Waals surface area contributed by atoms with Gasteiger partial charge in [0.05, 0.1) is 13.2 Å². The molecule has 0 aromatic carbocycles. The van der Waals surface area contributed by atoms with Crippen LogP contribution in [0, 0.1) is 5.92 Å². The van der Waals surface area contributed by atoms with Crippen molar-refractivity contribution in [2.24, 2.45) is 5.92 Å². The standard InChI is InChI=1S/C17H19N5O2/c23-17(12-4-5-12)22-9-10-24-11-13(22)16-19-8-6-15(21-16)20-14-3-1-2-7-18-14/h1-3,6-8,12-13H,4-5,9-11H2,(H,18,19,20,21)/t13-/m1/s1. The summed E-state index contributed by atoms with van der Waals surface area (Å²) >= 11 is 0. The number of anilines is 2. The third kappa shape index (κ3) is 3.21. The van der Waals surface area contributed by atoms with Crippen LogP contribution in [0.4, 0.5) is 11.6 Å². The molecule has 4 rings (SSSR count). The first-order valence-electron chi connectivity index (χ1n) is 8.20. The normalized spacial score (nSPS) is 20.7. The van der Waals surface area contributed by atoms with E-state index in [0.717, 1.165) is 12.8 Å². The molecule has 0 spiro atoms. The molecule has 0 radical (unpaired) electrons. The first-order valence-corrected chi connectivity index (χ1v) is 8.20. The van der Waals surface area contributed by atoms with Gasteiger partial charge in [0.1, 0.15) is 17.7 Å². The van der Waals surface area contributed by atoms with Crippen molar-refractivity contribution in [2.75, 3.05) is 25.1 Å². The molecule has 1 saturated heterocycles. The van der Waals surface area contributed by atoms with Gasteiger partial charge in [0, 0.05) is 24.9 Å². The maximum Gasteiger partial charge on any atom is 0.226 e. The molecule has 2 aromatic heterocycles. The molecule has 2 aliphatic rings. The Hall–Kier alpha value is -2.54. The molecule has 7 nitrogen and oxygen atoms in total. The summed E-state index contributed by atoms with van der Waals surface area (Å²) < 4.78 is 5.57. The summed E-state index contributed by atoms with van der Waals surface area (Å²) in [6.07, 6.45) is 5.40. The molecule has 0 unspecified atom stereocenters. The fourth-order valence-corrected chi connectivity index (χ4v) is 2.82. The van der Waals surface area contributed by atoms with Gasteiger partial charge in [-0.3, -0.25) is 4.79 Å². The van der Waals surface area contributed by atoms with E-state index in [1.54, 1.807) is 18.5 Å². The predicted molar refractivity (Wildman–Crippen MR) is 87.5 cm³/mol. The molecule has 1 aliphatic heterocycles. The summed E-state index contributed by atoms with van der Waals surface area (Å²) in [5.74, 6) is 2.36. The highest BCUT2D eigenvalue weighted by molar-refractivity contribution is 5.81. The quantitative estimate of drug-likeness (QED) is 0.925. The molecule has 24 heavy (non-hydrogen) atoms. The molecular weight excluding hydrogens is 306 g/mol. The van der Waals surface area contributed by atoms with Crippen LogP contribution >= 0.6 is 0 Å².